The van der Waals surface area contributed by atoms with Crippen LogP contribution in [0.15, 0.2) is 28.7 Å². The van der Waals surface area contributed by atoms with Gasteiger partial charge in [-0.3, -0.25) is 0 Å². The summed E-state index contributed by atoms with van der Waals surface area (Å²) in [7, 11) is 0. The average Bonchev–Trinajstić information content (AvgIpc) is 2.39. The molecular weight excluding hydrogens is 290 g/mol. The van der Waals surface area contributed by atoms with Crippen LogP contribution in [0.25, 0.3) is 11.4 Å². The van der Waals surface area contributed by atoms with Crippen LogP contribution in [-0.2, 0) is 13.0 Å². The van der Waals surface area contributed by atoms with Crippen LogP contribution >= 0.6 is 15.9 Å². The van der Waals surface area contributed by atoms with E-state index in [0.717, 1.165) is 46.8 Å². The van der Waals surface area contributed by atoms with E-state index in [4.69, 9.17) is 4.98 Å². The van der Waals surface area contributed by atoms with Gasteiger partial charge in [-0.2, -0.15) is 0 Å². The third-order valence-corrected chi connectivity index (χ3v) is 3.72. The first-order valence-electron chi connectivity index (χ1n) is 6.07. The van der Waals surface area contributed by atoms with Crippen LogP contribution in [0.2, 0.25) is 0 Å². The number of rotatable bonds is 1. The smallest absolute Gasteiger partial charge is 0.159 e. The van der Waals surface area contributed by atoms with Gasteiger partial charge in [0, 0.05) is 22.3 Å². The van der Waals surface area contributed by atoms with Gasteiger partial charge in [-0.15, -0.1) is 0 Å². The third kappa shape index (κ3) is 2.18. The highest BCUT2D eigenvalue weighted by Gasteiger charge is 2.15. The molecule has 2 aromatic rings. The Morgan fingerprint density at radius 3 is 3.00 bits per heavy atom. The second-order valence-corrected chi connectivity index (χ2v) is 5.41. The van der Waals surface area contributed by atoms with Gasteiger partial charge in [0.1, 0.15) is 0 Å². The molecule has 3 nitrogen and oxygen atoms in total. The van der Waals surface area contributed by atoms with Crippen molar-refractivity contribution in [1.82, 2.24) is 15.3 Å². The lowest BCUT2D eigenvalue weighted by molar-refractivity contribution is 0.620. The van der Waals surface area contributed by atoms with Crippen molar-refractivity contribution in [1.29, 1.82) is 0 Å². The lowest BCUT2D eigenvalue weighted by atomic mass is 10.0. The van der Waals surface area contributed by atoms with E-state index in [1.165, 1.54) is 5.56 Å². The van der Waals surface area contributed by atoms with Crippen molar-refractivity contribution >= 4 is 15.9 Å². The molecule has 2 heterocycles. The normalized spacial score (nSPS) is 14.3. The zero-order valence-electron chi connectivity index (χ0n) is 10.2. The van der Waals surface area contributed by atoms with Gasteiger partial charge < -0.3 is 5.32 Å². The molecular formula is C14H14BrN3. The quantitative estimate of drug-likeness (QED) is 0.880. The first-order valence-corrected chi connectivity index (χ1v) is 6.86. The van der Waals surface area contributed by atoms with Crippen molar-refractivity contribution in [3.05, 3.63) is 45.7 Å². The van der Waals surface area contributed by atoms with Crippen LogP contribution in [0.3, 0.4) is 0 Å². The zero-order valence-corrected chi connectivity index (χ0v) is 11.8. The van der Waals surface area contributed by atoms with E-state index in [1.807, 2.05) is 18.2 Å². The minimum atomic E-state index is 0.816. The first-order chi connectivity index (χ1) is 8.74. The fourth-order valence-corrected chi connectivity index (χ4v) is 2.70. The van der Waals surface area contributed by atoms with Crippen LogP contribution < -0.4 is 5.32 Å². The molecule has 0 amide bonds. The maximum Gasteiger partial charge on any atom is 0.159 e. The maximum atomic E-state index is 4.69. The maximum absolute atomic E-state index is 4.69. The van der Waals surface area contributed by atoms with Gasteiger partial charge in [-0.1, -0.05) is 28.1 Å². The Morgan fingerprint density at radius 1 is 1.28 bits per heavy atom. The molecule has 3 rings (SSSR count). The third-order valence-electron chi connectivity index (χ3n) is 3.23. The summed E-state index contributed by atoms with van der Waals surface area (Å²) in [5.41, 5.74) is 4.62. The number of aryl methyl sites for hydroxylation is 1. The molecule has 1 aliphatic rings. The summed E-state index contributed by atoms with van der Waals surface area (Å²) >= 11 is 3.48. The summed E-state index contributed by atoms with van der Waals surface area (Å²) in [6.45, 7) is 3.94. The van der Waals surface area contributed by atoms with Crippen LogP contribution in [0.1, 0.15) is 17.0 Å². The molecule has 0 atom stereocenters. The highest BCUT2D eigenvalue weighted by molar-refractivity contribution is 9.10. The van der Waals surface area contributed by atoms with Gasteiger partial charge >= 0.3 is 0 Å². The molecule has 0 bridgehead atoms. The Balaban J connectivity index is 2.11. The molecule has 1 aromatic carbocycles. The monoisotopic (exact) mass is 303 g/mol. The number of benzene rings is 1. The van der Waals surface area contributed by atoms with Crippen molar-refractivity contribution in [2.45, 2.75) is 19.9 Å². The van der Waals surface area contributed by atoms with E-state index in [9.17, 15) is 0 Å². The Bertz CT molecular complexity index is 596. The summed E-state index contributed by atoms with van der Waals surface area (Å²) in [4.78, 5) is 9.33. The highest BCUT2D eigenvalue weighted by atomic mass is 79.9. The Labute approximate surface area is 115 Å². The SMILES string of the molecule is Cc1nc(-c2cccc(Br)c2)nc2c1CCNC2. The van der Waals surface area contributed by atoms with Crippen LogP contribution in [0.5, 0.6) is 0 Å². The van der Waals surface area contributed by atoms with Crippen molar-refractivity contribution in [2.24, 2.45) is 0 Å². The Hall–Kier alpha value is -1.26. The second-order valence-electron chi connectivity index (χ2n) is 4.49. The number of aromatic nitrogens is 2. The van der Waals surface area contributed by atoms with E-state index in [1.54, 1.807) is 0 Å². The number of fused-ring (bicyclic) bond motifs is 1. The average molecular weight is 304 g/mol. The molecule has 1 N–H and O–H groups in total. The molecule has 0 radical (unpaired) electrons. The molecule has 0 saturated carbocycles. The number of hydrogen-bond acceptors (Lipinski definition) is 3. The topological polar surface area (TPSA) is 37.8 Å². The predicted octanol–water partition coefficient (Wildman–Crippen LogP) is 2.86. The fraction of sp³-hybridized carbons (Fsp3) is 0.286. The number of nitrogens with zero attached hydrogens (tertiary/aromatic N) is 2. The zero-order chi connectivity index (χ0) is 12.5. The Morgan fingerprint density at radius 2 is 2.17 bits per heavy atom. The molecule has 0 spiro atoms. The van der Waals surface area contributed by atoms with Gasteiger partial charge in [0.25, 0.3) is 0 Å². The lowest BCUT2D eigenvalue weighted by Crippen LogP contribution is -2.26. The van der Waals surface area contributed by atoms with Gasteiger partial charge in [-0.25, -0.2) is 9.97 Å². The predicted molar refractivity (Wildman–Crippen MR) is 75.3 cm³/mol. The fourth-order valence-electron chi connectivity index (χ4n) is 2.30. The van der Waals surface area contributed by atoms with E-state index in [-0.39, 0.29) is 0 Å². The van der Waals surface area contributed by atoms with Gasteiger partial charge in [0.15, 0.2) is 5.82 Å². The molecule has 1 aliphatic heterocycles. The summed E-state index contributed by atoms with van der Waals surface area (Å²) in [6, 6.07) is 8.12. The molecule has 0 saturated heterocycles. The van der Waals surface area contributed by atoms with Crippen molar-refractivity contribution in [3.8, 4) is 11.4 Å². The van der Waals surface area contributed by atoms with Crippen LogP contribution in [-0.4, -0.2) is 16.5 Å². The molecule has 92 valence electrons. The van der Waals surface area contributed by atoms with Gasteiger partial charge in [0.05, 0.1) is 5.69 Å². The Kier molecular flexibility index (Phi) is 3.14. The summed E-state index contributed by atoms with van der Waals surface area (Å²) in [6.07, 6.45) is 1.03. The summed E-state index contributed by atoms with van der Waals surface area (Å²) in [5.74, 6) is 0.816. The second kappa shape index (κ2) is 4.78. The first kappa shape index (κ1) is 11.8. The minimum Gasteiger partial charge on any atom is -0.311 e. The molecule has 18 heavy (non-hydrogen) atoms. The largest absolute Gasteiger partial charge is 0.311 e. The van der Waals surface area contributed by atoms with Crippen molar-refractivity contribution in [3.63, 3.8) is 0 Å². The molecule has 4 heteroatoms. The summed E-state index contributed by atoms with van der Waals surface area (Å²) < 4.78 is 1.05. The van der Waals surface area contributed by atoms with E-state index in [0.29, 0.717) is 0 Å². The minimum absolute atomic E-state index is 0.816. The molecule has 0 unspecified atom stereocenters. The number of hydrogen-bond donors (Lipinski definition) is 1. The standard InChI is InChI=1S/C14H14BrN3/c1-9-12-5-6-16-8-13(12)18-14(17-9)10-3-2-4-11(15)7-10/h2-4,7,16H,5-6,8H2,1H3. The van der Waals surface area contributed by atoms with Crippen molar-refractivity contribution < 1.29 is 0 Å². The van der Waals surface area contributed by atoms with E-state index < -0.39 is 0 Å². The lowest BCUT2D eigenvalue weighted by Gasteiger charge is -2.18. The van der Waals surface area contributed by atoms with Crippen LogP contribution in [0, 0.1) is 6.92 Å². The highest BCUT2D eigenvalue weighted by Crippen LogP contribution is 2.23. The molecule has 0 fully saturated rings. The van der Waals surface area contributed by atoms with E-state index >= 15 is 0 Å². The summed E-state index contributed by atoms with van der Waals surface area (Å²) in [5, 5.41) is 3.36. The van der Waals surface area contributed by atoms with Gasteiger partial charge in [-0.05, 0) is 37.6 Å². The van der Waals surface area contributed by atoms with E-state index in [2.05, 4.69) is 39.2 Å². The van der Waals surface area contributed by atoms with Crippen molar-refractivity contribution in [2.75, 3.05) is 6.54 Å². The van der Waals surface area contributed by atoms with Gasteiger partial charge in [0.2, 0.25) is 0 Å². The number of halogens is 1. The molecule has 0 aliphatic carbocycles. The number of nitrogens with one attached hydrogen (secondary N) is 1. The molecule has 1 aromatic heterocycles. The van der Waals surface area contributed by atoms with Crippen LogP contribution in [0.4, 0.5) is 0 Å².